The van der Waals surface area contributed by atoms with Crippen LogP contribution in [-0.4, -0.2) is 23.3 Å². The number of anilines is 2. The Morgan fingerprint density at radius 1 is 1.14 bits per heavy atom. The fraction of sp³-hybridized carbons (Fsp3) is 0.0952. The number of carbonyl (C=O) groups is 1. The van der Waals surface area contributed by atoms with Gasteiger partial charge in [0.1, 0.15) is 22.7 Å². The first-order valence-corrected chi connectivity index (χ1v) is 9.53. The van der Waals surface area contributed by atoms with Crippen molar-refractivity contribution in [3.8, 4) is 11.8 Å². The summed E-state index contributed by atoms with van der Waals surface area (Å²) in [5.41, 5.74) is 7.08. The number of nitrogens with zero attached hydrogens (tertiary/aromatic N) is 2. The third-order valence-electron chi connectivity index (χ3n) is 3.75. The lowest BCUT2D eigenvalue weighted by atomic mass is 10.2. The average molecular weight is 390 g/mol. The van der Waals surface area contributed by atoms with Crippen molar-refractivity contribution >= 4 is 29.2 Å². The van der Waals surface area contributed by atoms with Crippen LogP contribution in [-0.2, 0) is 0 Å². The van der Waals surface area contributed by atoms with Crippen LogP contribution in [0.5, 0.6) is 5.75 Å². The monoisotopic (exact) mass is 390 g/mol. The molecular weight excluding hydrogens is 372 g/mol. The Morgan fingerprint density at radius 2 is 1.82 bits per heavy atom. The summed E-state index contributed by atoms with van der Waals surface area (Å²) in [4.78, 5) is 16.7. The van der Waals surface area contributed by atoms with Crippen molar-refractivity contribution < 1.29 is 9.53 Å². The van der Waals surface area contributed by atoms with E-state index in [0.717, 1.165) is 5.75 Å². The van der Waals surface area contributed by atoms with Gasteiger partial charge in [0, 0.05) is 11.4 Å². The fourth-order valence-electron chi connectivity index (χ4n) is 2.42. The lowest BCUT2D eigenvalue weighted by Crippen LogP contribution is -2.16. The highest BCUT2D eigenvalue weighted by Gasteiger charge is 2.16. The largest absolute Gasteiger partial charge is 0.493 e. The smallest absolute Gasteiger partial charge is 0.259 e. The van der Waals surface area contributed by atoms with Crippen LogP contribution in [0.25, 0.3) is 0 Å². The quantitative estimate of drug-likeness (QED) is 0.468. The summed E-state index contributed by atoms with van der Waals surface area (Å²) in [5, 5.41) is 12.7. The molecule has 0 atom stereocenters. The third kappa shape index (κ3) is 5.02. The molecule has 1 aromatic heterocycles. The molecule has 3 rings (SSSR count). The first kappa shape index (κ1) is 19.3. The van der Waals surface area contributed by atoms with Crippen molar-refractivity contribution in [3.63, 3.8) is 0 Å². The zero-order chi connectivity index (χ0) is 19.8. The van der Waals surface area contributed by atoms with Crippen LogP contribution in [0.1, 0.15) is 15.9 Å². The molecule has 2 aromatic carbocycles. The number of nitriles is 1. The summed E-state index contributed by atoms with van der Waals surface area (Å²) in [6.07, 6.45) is 0. The highest BCUT2D eigenvalue weighted by molar-refractivity contribution is 7.99. The summed E-state index contributed by atoms with van der Waals surface area (Å²) < 4.78 is 5.63. The summed E-state index contributed by atoms with van der Waals surface area (Å²) in [6, 6.07) is 22.0. The zero-order valence-electron chi connectivity index (χ0n) is 15.0. The number of hydrogen-bond acceptors (Lipinski definition) is 6. The van der Waals surface area contributed by atoms with Crippen LogP contribution >= 0.6 is 11.8 Å². The van der Waals surface area contributed by atoms with E-state index in [4.69, 9.17) is 10.5 Å². The van der Waals surface area contributed by atoms with Crippen molar-refractivity contribution in [3.05, 3.63) is 77.9 Å². The van der Waals surface area contributed by atoms with Gasteiger partial charge in [0.15, 0.2) is 0 Å². The van der Waals surface area contributed by atoms with Gasteiger partial charge in [-0.25, -0.2) is 4.98 Å². The Kier molecular flexibility index (Phi) is 6.50. The van der Waals surface area contributed by atoms with E-state index in [1.165, 1.54) is 17.8 Å². The molecule has 0 fully saturated rings. The van der Waals surface area contributed by atoms with Gasteiger partial charge in [-0.15, -0.1) is 11.8 Å². The molecule has 1 amide bonds. The van der Waals surface area contributed by atoms with Crippen molar-refractivity contribution in [2.24, 2.45) is 0 Å². The van der Waals surface area contributed by atoms with Crippen LogP contribution in [0.3, 0.4) is 0 Å². The van der Waals surface area contributed by atoms with Crippen molar-refractivity contribution in [1.82, 2.24) is 4.98 Å². The summed E-state index contributed by atoms with van der Waals surface area (Å²) >= 11 is 1.36. The number of ether oxygens (including phenoxy) is 1. The molecule has 0 saturated heterocycles. The molecular formula is C21H18N4O2S. The number of para-hydroxylation sites is 2. The number of benzene rings is 2. The van der Waals surface area contributed by atoms with Gasteiger partial charge in [0.2, 0.25) is 0 Å². The number of aromatic nitrogens is 1. The molecule has 0 bridgehead atoms. The summed E-state index contributed by atoms with van der Waals surface area (Å²) in [7, 11) is 0. The second-order valence-corrected chi connectivity index (χ2v) is 6.80. The highest BCUT2D eigenvalue weighted by Crippen LogP contribution is 2.25. The van der Waals surface area contributed by atoms with Gasteiger partial charge in [-0.1, -0.05) is 36.4 Å². The minimum atomic E-state index is -0.406. The maximum Gasteiger partial charge on any atom is 0.259 e. The van der Waals surface area contributed by atoms with Crippen LogP contribution in [0.15, 0.2) is 71.8 Å². The first-order chi connectivity index (χ1) is 13.7. The molecule has 0 aliphatic rings. The van der Waals surface area contributed by atoms with Crippen molar-refractivity contribution in [2.75, 3.05) is 23.4 Å². The number of rotatable bonds is 7. The number of pyridine rings is 1. The lowest BCUT2D eigenvalue weighted by molar-refractivity contribution is 0.102. The van der Waals surface area contributed by atoms with E-state index in [-0.39, 0.29) is 11.4 Å². The van der Waals surface area contributed by atoms with Crippen LogP contribution in [0, 0.1) is 11.3 Å². The van der Waals surface area contributed by atoms with Gasteiger partial charge >= 0.3 is 0 Å². The predicted octanol–water partition coefficient (Wildman–Crippen LogP) is 3.96. The molecule has 6 nitrogen and oxygen atoms in total. The van der Waals surface area contributed by atoms with Gasteiger partial charge in [-0.2, -0.15) is 5.26 Å². The summed E-state index contributed by atoms with van der Waals surface area (Å²) in [6.45, 7) is 0.456. The average Bonchev–Trinajstić information content (AvgIpc) is 2.72. The van der Waals surface area contributed by atoms with Crippen LogP contribution < -0.4 is 15.8 Å². The van der Waals surface area contributed by atoms with E-state index in [2.05, 4.69) is 16.4 Å². The Labute approximate surface area is 167 Å². The minimum Gasteiger partial charge on any atom is -0.493 e. The highest BCUT2D eigenvalue weighted by atomic mass is 32.2. The molecule has 0 unspecified atom stereocenters. The molecule has 3 aromatic rings. The summed E-state index contributed by atoms with van der Waals surface area (Å²) in [5.74, 6) is 1.05. The van der Waals surface area contributed by atoms with Gasteiger partial charge in [-0.3, -0.25) is 4.79 Å². The Hall–Kier alpha value is -3.50. The number of nitrogens with two attached hydrogens (primary N) is 1. The van der Waals surface area contributed by atoms with Gasteiger partial charge in [0.05, 0.1) is 17.7 Å². The zero-order valence-corrected chi connectivity index (χ0v) is 15.8. The van der Waals surface area contributed by atoms with Crippen LogP contribution in [0.2, 0.25) is 0 Å². The lowest BCUT2D eigenvalue weighted by Gasteiger charge is -2.10. The number of nitrogens with one attached hydrogen (secondary N) is 1. The number of nitrogen functional groups attached to an aromatic ring is 1. The maximum atomic E-state index is 12.5. The molecule has 140 valence electrons. The fourth-order valence-corrected chi connectivity index (χ4v) is 3.20. The van der Waals surface area contributed by atoms with E-state index < -0.39 is 5.91 Å². The Bertz CT molecular complexity index is 989. The van der Waals surface area contributed by atoms with E-state index in [0.29, 0.717) is 28.6 Å². The van der Waals surface area contributed by atoms with Gasteiger partial charge in [0.25, 0.3) is 5.91 Å². The topological polar surface area (TPSA) is 101 Å². The van der Waals surface area contributed by atoms with Gasteiger partial charge in [-0.05, 0) is 30.3 Å². The first-order valence-electron chi connectivity index (χ1n) is 8.55. The Balaban J connectivity index is 1.65. The molecule has 3 N–H and O–H groups in total. The number of carbonyl (C=O) groups excluding carboxylic acids is 1. The second kappa shape index (κ2) is 9.44. The third-order valence-corrected chi connectivity index (χ3v) is 4.70. The molecule has 1 heterocycles. The number of thioether (sulfide) groups is 1. The molecule has 0 radical (unpaired) electrons. The predicted molar refractivity (Wildman–Crippen MR) is 110 cm³/mol. The molecule has 0 aliphatic carbocycles. The van der Waals surface area contributed by atoms with Crippen molar-refractivity contribution in [2.45, 2.75) is 5.03 Å². The van der Waals surface area contributed by atoms with E-state index in [9.17, 15) is 10.1 Å². The molecule has 28 heavy (non-hydrogen) atoms. The van der Waals surface area contributed by atoms with Crippen LogP contribution in [0.4, 0.5) is 11.5 Å². The molecule has 7 heteroatoms. The second-order valence-electron chi connectivity index (χ2n) is 5.72. The number of hydrogen-bond donors (Lipinski definition) is 2. The standard InChI is InChI=1S/C21H18N4O2S/c22-14-15-13-18(20(26)24-16-7-3-1-4-8-16)19(23)25-21(15)28-12-11-27-17-9-5-2-6-10-17/h1-10,13H,11-12H2,(H2,23,25)(H,24,26). The minimum absolute atomic E-state index is 0.0823. The Morgan fingerprint density at radius 3 is 2.50 bits per heavy atom. The van der Waals surface area contributed by atoms with Crippen molar-refractivity contribution in [1.29, 1.82) is 5.26 Å². The molecule has 0 spiro atoms. The SMILES string of the molecule is N#Cc1cc(C(=O)Nc2ccccc2)c(N)nc1SCCOc1ccccc1. The van der Waals surface area contributed by atoms with E-state index in [1.807, 2.05) is 48.5 Å². The van der Waals surface area contributed by atoms with E-state index in [1.54, 1.807) is 12.1 Å². The normalized spacial score (nSPS) is 10.1. The molecule has 0 saturated carbocycles. The maximum absolute atomic E-state index is 12.5. The number of amides is 1. The molecule has 0 aliphatic heterocycles. The van der Waals surface area contributed by atoms with E-state index >= 15 is 0 Å². The van der Waals surface area contributed by atoms with Gasteiger partial charge < -0.3 is 15.8 Å².